The second kappa shape index (κ2) is 7.63. The zero-order valence-electron chi connectivity index (χ0n) is 17.1. The lowest BCUT2D eigenvalue weighted by molar-refractivity contribution is -0.151. The minimum atomic E-state index is -1.15. The van der Waals surface area contributed by atoms with E-state index in [2.05, 4.69) is 20.8 Å². The highest BCUT2D eigenvalue weighted by atomic mass is 35.5. The standard InChI is InChI=1S/C20H25ClN6O3/c1-20(2,3)17(28)19(30)26-9-12-7-14(12)16(26)18(29)22-8-11-6-13(21)4-5-15(11)27-10-23-24-25-27/h4-6,10,12,14,16-17,28H,7-9H2,1-3H3,(H,22,29)/t12-,14-,16+,17+/m1/s1. The Bertz CT molecular complexity index is 958. The fourth-order valence-electron chi connectivity index (χ4n) is 4.03. The van der Waals surface area contributed by atoms with E-state index in [-0.39, 0.29) is 24.3 Å². The van der Waals surface area contributed by atoms with E-state index in [1.807, 2.05) is 0 Å². The van der Waals surface area contributed by atoms with Crippen molar-refractivity contribution < 1.29 is 14.7 Å². The smallest absolute Gasteiger partial charge is 0.252 e. The number of likely N-dealkylation sites (tertiary alicyclic amines) is 1. The van der Waals surface area contributed by atoms with Crippen LogP contribution < -0.4 is 5.32 Å². The first-order valence-electron chi connectivity index (χ1n) is 9.95. The van der Waals surface area contributed by atoms with Crippen LogP contribution in [-0.2, 0) is 16.1 Å². The van der Waals surface area contributed by atoms with Crippen molar-refractivity contribution in [1.82, 2.24) is 30.4 Å². The Labute approximate surface area is 179 Å². The van der Waals surface area contributed by atoms with E-state index in [4.69, 9.17) is 11.6 Å². The van der Waals surface area contributed by atoms with Gasteiger partial charge in [0.2, 0.25) is 5.91 Å². The number of amides is 2. The summed E-state index contributed by atoms with van der Waals surface area (Å²) in [7, 11) is 0. The highest BCUT2D eigenvalue weighted by molar-refractivity contribution is 6.30. The Morgan fingerprint density at radius 1 is 1.37 bits per heavy atom. The van der Waals surface area contributed by atoms with Crippen LogP contribution in [0.2, 0.25) is 5.02 Å². The molecule has 0 spiro atoms. The predicted molar refractivity (Wildman–Crippen MR) is 109 cm³/mol. The molecule has 2 heterocycles. The molecule has 0 unspecified atom stereocenters. The van der Waals surface area contributed by atoms with Gasteiger partial charge in [-0.25, -0.2) is 4.68 Å². The molecule has 4 atom stereocenters. The number of hydrogen-bond donors (Lipinski definition) is 2. The van der Waals surface area contributed by atoms with Crippen LogP contribution in [0.1, 0.15) is 32.8 Å². The number of piperidine rings is 1. The maximum atomic E-state index is 13.1. The number of hydrogen-bond acceptors (Lipinski definition) is 6. The van der Waals surface area contributed by atoms with Crippen molar-refractivity contribution in [2.24, 2.45) is 17.3 Å². The van der Waals surface area contributed by atoms with E-state index in [9.17, 15) is 14.7 Å². The average molecular weight is 433 g/mol. The van der Waals surface area contributed by atoms with Crippen molar-refractivity contribution in [1.29, 1.82) is 0 Å². The summed E-state index contributed by atoms with van der Waals surface area (Å²) in [5.41, 5.74) is 0.865. The number of halogens is 1. The maximum Gasteiger partial charge on any atom is 0.252 e. The van der Waals surface area contributed by atoms with Gasteiger partial charge in [-0.05, 0) is 57.9 Å². The number of aliphatic hydroxyl groups is 1. The normalized spacial score (nSPS) is 23.8. The number of nitrogens with one attached hydrogen (secondary N) is 1. The molecule has 2 N–H and O–H groups in total. The van der Waals surface area contributed by atoms with Crippen molar-refractivity contribution in [3.63, 3.8) is 0 Å². The van der Waals surface area contributed by atoms with Gasteiger partial charge in [-0.3, -0.25) is 9.59 Å². The topological polar surface area (TPSA) is 113 Å². The van der Waals surface area contributed by atoms with Crippen LogP contribution in [0.3, 0.4) is 0 Å². The molecule has 10 heteroatoms. The van der Waals surface area contributed by atoms with Gasteiger partial charge < -0.3 is 15.3 Å². The molecular weight excluding hydrogens is 408 g/mol. The summed E-state index contributed by atoms with van der Waals surface area (Å²) < 4.78 is 1.50. The summed E-state index contributed by atoms with van der Waals surface area (Å²) in [6.45, 7) is 6.15. The SMILES string of the molecule is CC(C)(C)[C@@H](O)C(=O)N1C[C@H]2C[C@H]2[C@H]1C(=O)NCc1cc(Cl)ccc1-n1cnnn1. The molecule has 160 valence electrons. The van der Waals surface area contributed by atoms with Crippen LogP contribution in [0.4, 0.5) is 0 Å². The number of aromatic nitrogens is 4. The van der Waals surface area contributed by atoms with Crippen molar-refractivity contribution >= 4 is 23.4 Å². The number of benzene rings is 1. The molecule has 2 amide bonds. The molecule has 0 radical (unpaired) electrons. The number of carbonyl (C=O) groups is 2. The summed E-state index contributed by atoms with van der Waals surface area (Å²) in [5.74, 6) is -0.122. The van der Waals surface area contributed by atoms with Crippen LogP contribution in [-0.4, -0.2) is 60.7 Å². The van der Waals surface area contributed by atoms with E-state index >= 15 is 0 Å². The Hall–Kier alpha value is -2.52. The van der Waals surface area contributed by atoms with E-state index < -0.39 is 17.6 Å². The third kappa shape index (κ3) is 3.91. The summed E-state index contributed by atoms with van der Waals surface area (Å²) >= 11 is 6.14. The Kier molecular flexibility index (Phi) is 5.27. The molecule has 1 aliphatic carbocycles. The minimum Gasteiger partial charge on any atom is -0.383 e. The Morgan fingerprint density at radius 2 is 2.13 bits per heavy atom. The second-order valence-corrected chi connectivity index (χ2v) is 9.55. The third-order valence-electron chi connectivity index (χ3n) is 5.85. The molecule has 2 aliphatic rings. The van der Waals surface area contributed by atoms with Gasteiger partial charge in [0.1, 0.15) is 18.5 Å². The lowest BCUT2D eigenvalue weighted by atomic mass is 9.88. The van der Waals surface area contributed by atoms with Crippen LogP contribution >= 0.6 is 11.6 Å². The van der Waals surface area contributed by atoms with Gasteiger partial charge in [-0.1, -0.05) is 32.4 Å². The quantitative estimate of drug-likeness (QED) is 0.733. The highest BCUT2D eigenvalue weighted by Gasteiger charge is 2.57. The molecule has 1 aromatic heterocycles. The monoisotopic (exact) mass is 432 g/mol. The fourth-order valence-corrected chi connectivity index (χ4v) is 4.23. The summed E-state index contributed by atoms with van der Waals surface area (Å²) in [4.78, 5) is 27.5. The van der Waals surface area contributed by atoms with Gasteiger partial charge >= 0.3 is 0 Å². The van der Waals surface area contributed by atoms with Gasteiger partial charge in [0.25, 0.3) is 5.91 Å². The fraction of sp³-hybridized carbons (Fsp3) is 0.550. The lowest BCUT2D eigenvalue weighted by Gasteiger charge is -2.33. The summed E-state index contributed by atoms with van der Waals surface area (Å²) in [6, 6.07) is 4.70. The van der Waals surface area contributed by atoms with Crippen molar-refractivity contribution in [2.45, 2.75) is 45.9 Å². The molecule has 9 nitrogen and oxygen atoms in total. The number of carbonyl (C=O) groups excluding carboxylic acids is 2. The lowest BCUT2D eigenvalue weighted by Crippen LogP contribution is -2.53. The van der Waals surface area contributed by atoms with Crippen LogP contribution in [0.25, 0.3) is 5.69 Å². The number of nitrogens with zero attached hydrogens (tertiary/aromatic N) is 5. The summed E-state index contributed by atoms with van der Waals surface area (Å²) in [5, 5.41) is 25.1. The van der Waals surface area contributed by atoms with Crippen LogP contribution in [0.15, 0.2) is 24.5 Å². The number of fused-ring (bicyclic) bond motifs is 1. The predicted octanol–water partition coefficient (Wildman–Crippen LogP) is 1.19. The molecule has 30 heavy (non-hydrogen) atoms. The third-order valence-corrected chi connectivity index (χ3v) is 6.08. The zero-order chi connectivity index (χ0) is 21.6. The van der Waals surface area contributed by atoms with Crippen LogP contribution in [0.5, 0.6) is 0 Å². The molecule has 2 fully saturated rings. The largest absolute Gasteiger partial charge is 0.383 e. The van der Waals surface area contributed by atoms with Crippen molar-refractivity contribution in [3.05, 3.63) is 35.1 Å². The molecule has 1 aromatic carbocycles. The van der Waals surface area contributed by atoms with Gasteiger partial charge in [-0.15, -0.1) is 5.10 Å². The first kappa shape index (κ1) is 20.7. The maximum absolute atomic E-state index is 13.1. The number of tetrazole rings is 1. The average Bonchev–Trinajstić information content (AvgIpc) is 3.09. The zero-order valence-corrected chi connectivity index (χ0v) is 17.9. The van der Waals surface area contributed by atoms with Gasteiger partial charge in [0.05, 0.1) is 5.69 Å². The molecule has 1 saturated heterocycles. The second-order valence-electron chi connectivity index (χ2n) is 9.11. The molecule has 1 saturated carbocycles. The summed E-state index contributed by atoms with van der Waals surface area (Å²) in [6.07, 6.45) is 1.25. The van der Waals surface area contributed by atoms with Crippen molar-refractivity contribution in [2.75, 3.05) is 6.54 Å². The van der Waals surface area contributed by atoms with Gasteiger partial charge in [-0.2, -0.15) is 0 Å². The first-order chi connectivity index (χ1) is 14.2. The highest BCUT2D eigenvalue weighted by Crippen LogP contribution is 2.50. The Balaban J connectivity index is 1.49. The number of rotatable bonds is 5. The first-order valence-corrected chi connectivity index (χ1v) is 10.3. The van der Waals surface area contributed by atoms with Gasteiger partial charge in [0, 0.05) is 18.1 Å². The molecule has 4 rings (SSSR count). The van der Waals surface area contributed by atoms with E-state index in [0.717, 1.165) is 12.0 Å². The number of aliphatic hydroxyl groups excluding tert-OH is 1. The molecular formula is C20H25ClN6O3. The minimum absolute atomic E-state index is 0.152. The van der Waals surface area contributed by atoms with E-state index in [1.54, 1.807) is 43.9 Å². The van der Waals surface area contributed by atoms with Gasteiger partial charge in [0.15, 0.2) is 0 Å². The Morgan fingerprint density at radius 3 is 2.80 bits per heavy atom. The van der Waals surface area contributed by atoms with Crippen molar-refractivity contribution in [3.8, 4) is 5.69 Å². The van der Waals surface area contributed by atoms with E-state index in [1.165, 1.54) is 11.0 Å². The molecule has 2 aromatic rings. The van der Waals surface area contributed by atoms with E-state index in [0.29, 0.717) is 23.2 Å². The van der Waals surface area contributed by atoms with Crippen LogP contribution in [0, 0.1) is 17.3 Å². The molecule has 0 bridgehead atoms. The molecule has 1 aliphatic heterocycles.